The predicted molar refractivity (Wildman–Crippen MR) is 179 cm³/mol. The van der Waals surface area contributed by atoms with Gasteiger partial charge in [0.1, 0.15) is 42.7 Å². The van der Waals surface area contributed by atoms with Gasteiger partial charge in [-0.3, -0.25) is 0 Å². The van der Waals surface area contributed by atoms with E-state index in [9.17, 15) is 35.7 Å². The molecule has 12 nitrogen and oxygen atoms in total. The number of allylic oxidation sites excluding steroid dienone is 1. The second-order valence-electron chi connectivity index (χ2n) is 17.5. The van der Waals surface area contributed by atoms with Crippen molar-refractivity contribution in [1.82, 2.24) is 0 Å². The van der Waals surface area contributed by atoms with Crippen molar-refractivity contribution in [2.75, 3.05) is 13.2 Å². The second-order valence-corrected chi connectivity index (χ2v) is 17.5. The Morgan fingerprint density at radius 3 is 2.36 bits per heavy atom. The fraction of sp³-hybridized carbons (Fsp3) is 0.947. The highest BCUT2D eigenvalue weighted by molar-refractivity contribution is 5.26. The lowest BCUT2D eigenvalue weighted by atomic mass is 9.47. The quantitative estimate of drug-likeness (QED) is 0.172. The Kier molecular flexibility index (Phi) is 10.9. The summed E-state index contributed by atoms with van der Waals surface area (Å²) in [4.78, 5) is 0. The van der Waals surface area contributed by atoms with E-state index in [-0.39, 0.29) is 18.1 Å². The molecule has 20 atom stereocenters. The fourth-order valence-electron chi connectivity index (χ4n) is 11.5. The molecule has 7 aliphatic rings. The van der Waals surface area contributed by atoms with Gasteiger partial charge in [0.05, 0.1) is 31.0 Å². The van der Waals surface area contributed by atoms with E-state index in [2.05, 4.69) is 26.8 Å². The number of ether oxygens (including phenoxy) is 5. The van der Waals surface area contributed by atoms with Crippen molar-refractivity contribution in [3.8, 4) is 0 Å². The van der Waals surface area contributed by atoms with Gasteiger partial charge in [-0.2, -0.15) is 0 Å². The molecule has 12 heteroatoms. The molecule has 0 aromatic carbocycles. The molecule has 3 aliphatic heterocycles. The van der Waals surface area contributed by atoms with Crippen molar-refractivity contribution in [1.29, 1.82) is 0 Å². The van der Waals surface area contributed by atoms with Crippen molar-refractivity contribution in [2.24, 2.45) is 40.4 Å². The van der Waals surface area contributed by atoms with E-state index in [1.165, 1.54) is 25.3 Å². The summed E-state index contributed by atoms with van der Waals surface area (Å²) >= 11 is 0. The number of hydrogen-bond donors (Lipinski definition) is 7. The Bertz CT molecular complexity index is 1220. The summed E-state index contributed by atoms with van der Waals surface area (Å²) in [6, 6.07) is 0. The maximum atomic E-state index is 11.1. The molecule has 7 rings (SSSR count). The molecule has 3 heterocycles. The van der Waals surface area contributed by atoms with Gasteiger partial charge in [0, 0.05) is 6.61 Å². The van der Waals surface area contributed by atoms with Crippen LogP contribution in [0.3, 0.4) is 0 Å². The molecule has 4 aliphatic carbocycles. The molecule has 0 radical (unpaired) electrons. The highest BCUT2D eigenvalue weighted by atomic mass is 16.8. The number of aliphatic hydroxyl groups is 7. The van der Waals surface area contributed by atoms with E-state index in [0.717, 1.165) is 44.9 Å². The van der Waals surface area contributed by atoms with Crippen molar-refractivity contribution in [2.45, 2.75) is 172 Å². The minimum absolute atomic E-state index is 0.0610. The third-order valence-electron chi connectivity index (χ3n) is 14.7. The van der Waals surface area contributed by atoms with Crippen molar-refractivity contribution in [3.05, 3.63) is 11.6 Å². The topological polar surface area (TPSA) is 188 Å². The molecular formula is C38H62O12. The molecule has 0 aromatic rings. The summed E-state index contributed by atoms with van der Waals surface area (Å²) in [5.74, 6) is 2.80. The van der Waals surface area contributed by atoms with E-state index in [1.807, 2.05) is 0 Å². The summed E-state index contributed by atoms with van der Waals surface area (Å²) in [6.45, 7) is 8.32. The largest absolute Gasteiger partial charge is 0.396 e. The first-order valence-corrected chi connectivity index (χ1v) is 19.4. The van der Waals surface area contributed by atoms with E-state index in [1.54, 1.807) is 0 Å². The Balaban J connectivity index is 1.02. The summed E-state index contributed by atoms with van der Waals surface area (Å²) < 4.78 is 30.8. The van der Waals surface area contributed by atoms with Crippen LogP contribution in [0.5, 0.6) is 0 Å². The van der Waals surface area contributed by atoms with Crippen LogP contribution in [-0.4, -0.2) is 129 Å². The molecule has 3 saturated heterocycles. The monoisotopic (exact) mass is 710 g/mol. The fourth-order valence-corrected chi connectivity index (χ4v) is 11.5. The van der Waals surface area contributed by atoms with Gasteiger partial charge in [-0.25, -0.2) is 0 Å². The van der Waals surface area contributed by atoms with E-state index < -0.39 is 68.0 Å². The Morgan fingerprint density at radius 1 is 0.840 bits per heavy atom. The Hall–Kier alpha value is -0.740. The van der Waals surface area contributed by atoms with Gasteiger partial charge in [0.2, 0.25) is 0 Å². The van der Waals surface area contributed by atoms with Crippen LogP contribution in [0, 0.1) is 40.4 Å². The van der Waals surface area contributed by atoms with Crippen molar-refractivity contribution in [3.63, 3.8) is 0 Å². The summed E-state index contributed by atoms with van der Waals surface area (Å²) in [7, 11) is 0. The lowest BCUT2D eigenvalue weighted by Crippen LogP contribution is -2.64. The Labute approximate surface area is 296 Å². The zero-order valence-corrected chi connectivity index (χ0v) is 30.1. The molecule has 7 N–H and O–H groups in total. The molecule has 0 bridgehead atoms. The normalized spacial score (nSPS) is 53.9. The highest BCUT2D eigenvalue weighted by Crippen LogP contribution is 2.68. The van der Waals surface area contributed by atoms with Gasteiger partial charge < -0.3 is 59.4 Å². The van der Waals surface area contributed by atoms with Gasteiger partial charge in [-0.15, -0.1) is 0 Å². The average Bonchev–Trinajstić information content (AvgIpc) is 3.64. The summed E-state index contributed by atoms with van der Waals surface area (Å²) in [5, 5.41) is 72.2. The molecule has 0 spiro atoms. The first-order valence-electron chi connectivity index (χ1n) is 19.4. The van der Waals surface area contributed by atoms with E-state index >= 15 is 0 Å². The van der Waals surface area contributed by atoms with Crippen LogP contribution in [0.15, 0.2) is 11.6 Å². The maximum absolute atomic E-state index is 11.1. The van der Waals surface area contributed by atoms with Crippen molar-refractivity contribution < 1.29 is 59.4 Å². The number of hydrogen-bond acceptors (Lipinski definition) is 12. The molecule has 0 aromatic heterocycles. The van der Waals surface area contributed by atoms with E-state index in [4.69, 9.17) is 23.7 Å². The second kappa shape index (κ2) is 14.5. The van der Waals surface area contributed by atoms with E-state index in [0.29, 0.717) is 53.6 Å². The average molecular weight is 711 g/mol. The minimum atomic E-state index is -1.61. The zero-order valence-electron chi connectivity index (χ0n) is 30.1. The third kappa shape index (κ3) is 6.45. The van der Waals surface area contributed by atoms with Gasteiger partial charge in [0.15, 0.2) is 12.6 Å². The van der Waals surface area contributed by atoms with Crippen LogP contribution in [-0.2, 0) is 23.7 Å². The molecular weight excluding hydrogens is 648 g/mol. The van der Waals surface area contributed by atoms with Crippen LogP contribution >= 0.6 is 0 Å². The van der Waals surface area contributed by atoms with Crippen molar-refractivity contribution >= 4 is 0 Å². The molecule has 50 heavy (non-hydrogen) atoms. The molecule has 286 valence electrons. The lowest BCUT2D eigenvalue weighted by Gasteiger charge is -2.58. The number of fused-ring (bicyclic) bond motifs is 7. The lowest BCUT2D eigenvalue weighted by molar-refractivity contribution is -0.369. The first-order chi connectivity index (χ1) is 23.8. The molecule has 6 fully saturated rings. The maximum Gasteiger partial charge on any atom is 0.187 e. The molecule has 3 saturated carbocycles. The van der Waals surface area contributed by atoms with Crippen LogP contribution < -0.4 is 0 Å². The first kappa shape index (κ1) is 37.6. The van der Waals surface area contributed by atoms with Gasteiger partial charge in [-0.1, -0.05) is 32.4 Å². The van der Waals surface area contributed by atoms with Crippen LogP contribution in [0.4, 0.5) is 0 Å². The Morgan fingerprint density at radius 2 is 1.62 bits per heavy atom. The summed E-state index contributed by atoms with van der Waals surface area (Å²) in [5.41, 5.74) is 1.76. The van der Waals surface area contributed by atoms with Gasteiger partial charge in [0.25, 0.3) is 0 Å². The van der Waals surface area contributed by atoms with Gasteiger partial charge in [-0.05, 0) is 112 Å². The minimum Gasteiger partial charge on any atom is -0.396 e. The molecule has 7 unspecified atom stereocenters. The third-order valence-corrected chi connectivity index (χ3v) is 14.7. The number of rotatable bonds is 9. The van der Waals surface area contributed by atoms with Gasteiger partial charge >= 0.3 is 0 Å². The molecule has 0 amide bonds. The standard InChI is InChI=1S/C38H62O12/c1-18(16-39)5-7-21-14-26-27(47-21)15-25-23-8-6-20-13-22(9-11-37(20,3)24(23)10-12-38(25,26)4)48-36-34(32(44)30(42)28(17-40)49-36)50-35-33(45)31(43)29(41)19(2)46-35/h6,18-19,21-36,39-45H,5,7-17H2,1-4H3/t18-,19?,21-,22+,23-,24+,25+,26-,27?,28?,29+,30-,31?,32?,33?,34?,35+,36-,37+,38+/m1/s1. The van der Waals surface area contributed by atoms with Crippen LogP contribution in [0.1, 0.15) is 91.9 Å². The zero-order chi connectivity index (χ0) is 35.7. The van der Waals surface area contributed by atoms with Crippen LogP contribution in [0.25, 0.3) is 0 Å². The predicted octanol–water partition coefficient (Wildman–Crippen LogP) is 1.78. The summed E-state index contributed by atoms with van der Waals surface area (Å²) in [6.07, 6.45) is -0.229. The number of aliphatic hydroxyl groups excluding tert-OH is 7. The smallest absolute Gasteiger partial charge is 0.187 e. The SMILES string of the molecule is CC1O[C@@H](OC2C(O)[C@H](O)C(CO)O[C@H]2O[C@H]2CC[C@@]3(C)C(=CC[C@H]4[C@@H]5CC6O[C@H](CC[C@@H](C)CO)C[C@H]6[C@@]5(C)CC[C@@H]43)C2)C(O)C(O)[C@H]1O. The highest BCUT2D eigenvalue weighted by Gasteiger charge is 2.63. The van der Waals surface area contributed by atoms with Crippen LogP contribution in [0.2, 0.25) is 0 Å².